The largest absolute Gasteiger partial charge is 0.544 e. The molecule has 0 saturated heterocycles. The van der Waals surface area contributed by atoms with E-state index < -0.39 is 25.0 Å². The van der Waals surface area contributed by atoms with Gasteiger partial charge >= 0.3 is 0 Å². The van der Waals surface area contributed by atoms with Gasteiger partial charge in [-0.15, -0.1) is 5.16 Å². The first-order valence-corrected chi connectivity index (χ1v) is 18.2. The van der Waals surface area contributed by atoms with Crippen molar-refractivity contribution in [3.05, 3.63) is 23.8 Å². The van der Waals surface area contributed by atoms with Gasteiger partial charge in [0.15, 0.2) is 0 Å². The lowest BCUT2D eigenvalue weighted by atomic mass is 10.2. The molecule has 0 aliphatic heterocycles. The van der Waals surface area contributed by atoms with E-state index >= 15 is 0 Å². The van der Waals surface area contributed by atoms with Crippen LogP contribution in [0.15, 0.2) is 23.4 Å². The minimum atomic E-state index is -1.72. The van der Waals surface area contributed by atoms with Crippen molar-refractivity contribution in [3.63, 3.8) is 0 Å². The molecule has 0 spiro atoms. The Hall–Kier alpha value is -1.06. The van der Waals surface area contributed by atoms with E-state index in [9.17, 15) is 0 Å². The van der Waals surface area contributed by atoms with Gasteiger partial charge < -0.3 is 13.4 Å². The van der Waals surface area contributed by atoms with Crippen LogP contribution in [0.2, 0.25) is 58.9 Å². The van der Waals surface area contributed by atoms with Crippen molar-refractivity contribution in [1.82, 2.24) is 0 Å². The average Bonchev–Trinajstić information content (AvgIpc) is 2.26. The van der Waals surface area contributed by atoms with Gasteiger partial charge in [0.2, 0.25) is 16.6 Å². The lowest BCUT2D eigenvalue weighted by Gasteiger charge is -2.24. The van der Waals surface area contributed by atoms with Gasteiger partial charge in [0.1, 0.15) is 11.5 Å². The first-order chi connectivity index (χ1) is 10.3. The summed E-state index contributed by atoms with van der Waals surface area (Å²) >= 11 is 0. The average molecular weight is 370 g/mol. The second-order valence-electron chi connectivity index (χ2n) is 8.57. The van der Waals surface area contributed by atoms with Crippen LogP contribution in [0.3, 0.4) is 0 Å². The summed E-state index contributed by atoms with van der Waals surface area (Å²) < 4.78 is 17.9. The van der Waals surface area contributed by atoms with E-state index in [4.69, 9.17) is 13.4 Å². The van der Waals surface area contributed by atoms with Crippen LogP contribution >= 0.6 is 0 Å². The Morgan fingerprint density at radius 1 is 0.783 bits per heavy atom. The van der Waals surface area contributed by atoms with Gasteiger partial charge in [0.25, 0.3) is 8.32 Å². The standard InChI is InChI=1S/C16H31NO3Si3/c1-21(2,3)18-15-11-10-14(13-17-20-23(7,8)9)16(12-15)19-22(4,5)6/h10-13H,1-9H3. The van der Waals surface area contributed by atoms with Crippen LogP contribution in [0.5, 0.6) is 11.5 Å². The van der Waals surface area contributed by atoms with E-state index in [0.717, 1.165) is 17.1 Å². The predicted molar refractivity (Wildman–Crippen MR) is 106 cm³/mol. The highest BCUT2D eigenvalue weighted by Gasteiger charge is 2.21. The maximum Gasteiger partial charge on any atom is 0.278 e. The number of oxime groups is 1. The van der Waals surface area contributed by atoms with Crippen molar-refractivity contribution in [2.24, 2.45) is 5.16 Å². The lowest BCUT2D eigenvalue weighted by molar-refractivity contribution is 0.338. The fourth-order valence-corrected chi connectivity index (χ4v) is 3.74. The van der Waals surface area contributed by atoms with Crippen LogP contribution < -0.4 is 8.85 Å². The molecular weight excluding hydrogens is 338 g/mol. The predicted octanol–water partition coefficient (Wildman–Crippen LogP) is 5.30. The minimum Gasteiger partial charge on any atom is -0.544 e. The monoisotopic (exact) mass is 369 g/mol. The molecule has 0 fully saturated rings. The van der Waals surface area contributed by atoms with E-state index in [1.165, 1.54) is 0 Å². The summed E-state index contributed by atoms with van der Waals surface area (Å²) in [7, 11) is -5.04. The molecular formula is C16H31NO3Si3. The van der Waals surface area contributed by atoms with Crippen molar-refractivity contribution in [1.29, 1.82) is 0 Å². The Morgan fingerprint density at radius 3 is 1.83 bits per heavy atom. The second kappa shape index (κ2) is 7.23. The third-order valence-electron chi connectivity index (χ3n) is 2.34. The first-order valence-electron chi connectivity index (χ1n) is 7.99. The minimum absolute atomic E-state index is 0.822. The Kier molecular flexibility index (Phi) is 6.28. The highest BCUT2D eigenvalue weighted by molar-refractivity contribution is 6.71. The van der Waals surface area contributed by atoms with Gasteiger partial charge in [-0.25, -0.2) is 0 Å². The quantitative estimate of drug-likeness (QED) is 0.372. The zero-order valence-electron chi connectivity index (χ0n) is 16.0. The summed E-state index contributed by atoms with van der Waals surface area (Å²) in [5.74, 6) is 1.68. The van der Waals surface area contributed by atoms with Gasteiger partial charge in [-0.2, -0.15) is 0 Å². The molecule has 0 N–H and O–H groups in total. The van der Waals surface area contributed by atoms with Gasteiger partial charge in [0.05, 0.1) is 6.21 Å². The van der Waals surface area contributed by atoms with Crippen molar-refractivity contribution >= 4 is 31.2 Å². The van der Waals surface area contributed by atoms with Crippen molar-refractivity contribution in [3.8, 4) is 11.5 Å². The van der Waals surface area contributed by atoms with E-state index in [1.807, 2.05) is 18.2 Å². The summed E-state index contributed by atoms with van der Waals surface area (Å²) in [6, 6.07) is 5.94. The third kappa shape index (κ3) is 8.97. The molecule has 0 bridgehead atoms. The molecule has 7 heteroatoms. The van der Waals surface area contributed by atoms with Gasteiger partial charge in [0, 0.05) is 11.6 Å². The van der Waals surface area contributed by atoms with E-state index in [1.54, 1.807) is 6.21 Å². The molecule has 23 heavy (non-hydrogen) atoms. The lowest BCUT2D eigenvalue weighted by Crippen LogP contribution is -2.31. The normalized spacial score (nSPS) is 13.3. The number of rotatable bonds is 7. The van der Waals surface area contributed by atoms with E-state index in [0.29, 0.717) is 0 Å². The summed E-state index contributed by atoms with van der Waals surface area (Å²) in [5.41, 5.74) is 0.925. The highest BCUT2D eigenvalue weighted by atomic mass is 28.4. The molecule has 0 aliphatic carbocycles. The summed E-state index contributed by atoms with van der Waals surface area (Å²) in [6.45, 7) is 19.3. The van der Waals surface area contributed by atoms with Crippen LogP contribution in [0.25, 0.3) is 0 Å². The van der Waals surface area contributed by atoms with Crippen LogP contribution in [-0.2, 0) is 4.53 Å². The fraction of sp³-hybridized carbons (Fsp3) is 0.562. The molecule has 0 saturated carbocycles. The van der Waals surface area contributed by atoms with Gasteiger partial charge in [-0.05, 0) is 71.1 Å². The van der Waals surface area contributed by atoms with Crippen molar-refractivity contribution in [2.75, 3.05) is 0 Å². The first kappa shape index (κ1) is 20.0. The molecule has 1 aromatic carbocycles. The van der Waals surface area contributed by atoms with Gasteiger partial charge in [-0.1, -0.05) is 0 Å². The smallest absolute Gasteiger partial charge is 0.278 e. The van der Waals surface area contributed by atoms with E-state index in [-0.39, 0.29) is 0 Å². The molecule has 1 aromatic rings. The molecule has 1 rings (SSSR count). The SMILES string of the molecule is C[Si](C)(C)ON=Cc1ccc(O[Si](C)(C)C)cc1O[Si](C)(C)C. The third-order valence-corrected chi connectivity index (χ3v) is 4.68. The Balaban J connectivity index is 3.08. The number of nitrogens with zero attached hydrogens (tertiary/aromatic N) is 1. The van der Waals surface area contributed by atoms with Crippen molar-refractivity contribution in [2.45, 2.75) is 58.9 Å². The maximum absolute atomic E-state index is 6.21. The summed E-state index contributed by atoms with van der Waals surface area (Å²) in [4.78, 5) is 0. The zero-order valence-corrected chi connectivity index (χ0v) is 19.0. The van der Waals surface area contributed by atoms with Crippen LogP contribution in [0.4, 0.5) is 0 Å². The molecule has 0 radical (unpaired) electrons. The maximum atomic E-state index is 6.21. The highest BCUT2D eigenvalue weighted by Crippen LogP contribution is 2.28. The number of hydrogen-bond donors (Lipinski definition) is 0. The molecule has 0 aliphatic rings. The zero-order chi connectivity index (χ0) is 17.9. The molecule has 0 unspecified atom stereocenters. The number of benzene rings is 1. The Labute approximate surface area is 144 Å². The second-order valence-corrected chi connectivity index (χ2v) is 21.8. The Bertz CT molecular complexity index is 555. The molecule has 0 aromatic heterocycles. The van der Waals surface area contributed by atoms with Crippen molar-refractivity contribution < 1.29 is 13.4 Å². The van der Waals surface area contributed by atoms with Crippen LogP contribution in [0, 0.1) is 0 Å². The summed E-state index contributed by atoms with van der Waals surface area (Å²) in [6.07, 6.45) is 1.74. The molecule has 0 amide bonds. The fourth-order valence-electron chi connectivity index (χ4n) is 1.70. The van der Waals surface area contributed by atoms with Gasteiger partial charge in [-0.3, -0.25) is 0 Å². The molecule has 0 heterocycles. The Morgan fingerprint density at radius 2 is 1.35 bits per heavy atom. The van der Waals surface area contributed by atoms with E-state index in [2.05, 4.69) is 64.1 Å². The summed E-state index contributed by atoms with van der Waals surface area (Å²) in [5, 5.41) is 4.15. The molecule has 130 valence electrons. The molecule has 4 nitrogen and oxygen atoms in total. The van der Waals surface area contributed by atoms with Crippen LogP contribution in [-0.4, -0.2) is 31.2 Å². The topological polar surface area (TPSA) is 40.0 Å². The number of hydrogen-bond acceptors (Lipinski definition) is 4. The van der Waals surface area contributed by atoms with Crippen LogP contribution in [0.1, 0.15) is 5.56 Å². The molecule has 0 atom stereocenters.